The smallest absolute Gasteiger partial charge is 0.211 e. The molecule has 21 heavy (non-hydrogen) atoms. The monoisotopic (exact) mass is 303 g/mol. The molecule has 2 unspecified atom stereocenters. The Hall–Kier alpha value is -1.55. The van der Waals surface area contributed by atoms with Crippen LogP contribution >= 0.6 is 11.3 Å². The van der Waals surface area contributed by atoms with Gasteiger partial charge in [-0.2, -0.15) is 0 Å². The molecule has 0 saturated carbocycles. The second-order valence-corrected chi connectivity index (χ2v) is 6.76. The molecule has 4 heteroatoms. The molecule has 1 aliphatic rings. The summed E-state index contributed by atoms with van der Waals surface area (Å²) in [6, 6.07) is 6.59. The highest BCUT2D eigenvalue weighted by Crippen LogP contribution is 2.30. The summed E-state index contributed by atoms with van der Waals surface area (Å²) in [5, 5.41) is 2.79. The number of anilines is 1. The predicted octanol–water partition coefficient (Wildman–Crippen LogP) is 4.04. The maximum absolute atomic E-state index is 12.9. The molecule has 0 amide bonds. The van der Waals surface area contributed by atoms with Crippen molar-refractivity contribution in [3.63, 3.8) is 0 Å². The second-order valence-electron chi connectivity index (χ2n) is 5.85. The highest BCUT2D eigenvalue weighted by atomic mass is 32.1. The lowest BCUT2D eigenvalue weighted by Crippen LogP contribution is -2.45. The molecule has 1 aromatic heterocycles. The van der Waals surface area contributed by atoms with Crippen molar-refractivity contribution in [3.05, 3.63) is 33.8 Å². The Labute approximate surface area is 129 Å². The van der Waals surface area contributed by atoms with Crippen molar-refractivity contribution in [3.8, 4) is 5.75 Å². The number of methoxy groups -OCH3 is 1. The fourth-order valence-corrected chi connectivity index (χ4v) is 4.19. The van der Waals surface area contributed by atoms with Crippen LogP contribution in [0, 0.1) is 0 Å². The van der Waals surface area contributed by atoms with Gasteiger partial charge in [0.1, 0.15) is 5.75 Å². The van der Waals surface area contributed by atoms with Crippen molar-refractivity contribution >= 4 is 27.1 Å². The summed E-state index contributed by atoms with van der Waals surface area (Å²) in [6.07, 6.45) is 3.56. The zero-order valence-electron chi connectivity index (χ0n) is 12.8. The van der Waals surface area contributed by atoms with Gasteiger partial charge in [-0.15, -0.1) is 11.3 Å². The Kier molecular flexibility index (Phi) is 3.89. The van der Waals surface area contributed by atoms with Gasteiger partial charge >= 0.3 is 0 Å². The van der Waals surface area contributed by atoms with Crippen LogP contribution in [-0.4, -0.2) is 19.2 Å². The number of hydrogen-bond donors (Lipinski definition) is 0. The number of benzene rings is 1. The summed E-state index contributed by atoms with van der Waals surface area (Å²) in [7, 11) is 1.63. The van der Waals surface area contributed by atoms with Crippen molar-refractivity contribution in [2.45, 2.75) is 45.2 Å². The van der Waals surface area contributed by atoms with Gasteiger partial charge in [0.25, 0.3) is 0 Å². The zero-order chi connectivity index (χ0) is 15.0. The van der Waals surface area contributed by atoms with Crippen molar-refractivity contribution in [1.82, 2.24) is 0 Å². The minimum Gasteiger partial charge on any atom is -0.497 e. The molecule has 2 heterocycles. The Morgan fingerprint density at radius 3 is 2.62 bits per heavy atom. The van der Waals surface area contributed by atoms with Gasteiger partial charge in [0.05, 0.1) is 12.8 Å². The van der Waals surface area contributed by atoms with Crippen molar-refractivity contribution in [1.29, 1.82) is 0 Å². The normalized spacial score (nSPS) is 22.5. The molecule has 0 bridgehead atoms. The van der Waals surface area contributed by atoms with Crippen LogP contribution in [0.5, 0.6) is 5.75 Å². The van der Waals surface area contributed by atoms with E-state index in [1.54, 1.807) is 18.4 Å². The van der Waals surface area contributed by atoms with Gasteiger partial charge in [0, 0.05) is 27.5 Å². The molecule has 1 aromatic carbocycles. The molecule has 1 saturated heterocycles. The van der Waals surface area contributed by atoms with Gasteiger partial charge in [-0.05, 0) is 51.3 Å². The third kappa shape index (κ3) is 2.53. The summed E-state index contributed by atoms with van der Waals surface area (Å²) in [5.41, 5.74) is 0.976. The van der Waals surface area contributed by atoms with E-state index in [0.717, 1.165) is 34.4 Å². The topological polar surface area (TPSA) is 29.5 Å². The lowest BCUT2D eigenvalue weighted by Gasteiger charge is -2.40. The molecule has 0 N–H and O–H groups in total. The largest absolute Gasteiger partial charge is 0.497 e. The molecule has 0 aliphatic carbocycles. The molecule has 112 valence electrons. The summed E-state index contributed by atoms with van der Waals surface area (Å²) in [5.74, 6) is 0.740. The fraction of sp³-hybridized carbons (Fsp3) is 0.471. The van der Waals surface area contributed by atoms with E-state index in [1.807, 2.05) is 23.6 Å². The van der Waals surface area contributed by atoms with Crippen LogP contribution in [0.2, 0.25) is 0 Å². The minimum atomic E-state index is 0.128. The van der Waals surface area contributed by atoms with Crippen LogP contribution in [0.1, 0.15) is 33.1 Å². The van der Waals surface area contributed by atoms with Crippen molar-refractivity contribution in [2.75, 3.05) is 12.0 Å². The first-order valence-corrected chi connectivity index (χ1v) is 8.37. The number of piperidine rings is 1. The quantitative estimate of drug-likeness (QED) is 0.838. The van der Waals surface area contributed by atoms with Gasteiger partial charge in [0.15, 0.2) is 0 Å². The Morgan fingerprint density at radius 1 is 1.24 bits per heavy atom. The average Bonchev–Trinajstić information content (AvgIpc) is 2.49. The highest BCUT2D eigenvalue weighted by Gasteiger charge is 2.27. The van der Waals surface area contributed by atoms with E-state index in [2.05, 4.69) is 18.7 Å². The third-order valence-electron chi connectivity index (χ3n) is 4.43. The maximum atomic E-state index is 12.9. The Morgan fingerprint density at radius 2 is 1.95 bits per heavy atom. The number of fused-ring (bicyclic) bond motifs is 1. The van der Waals surface area contributed by atoms with E-state index in [1.165, 1.54) is 6.42 Å². The molecule has 0 radical (unpaired) electrons. The van der Waals surface area contributed by atoms with E-state index in [0.29, 0.717) is 12.1 Å². The summed E-state index contributed by atoms with van der Waals surface area (Å²) in [6.45, 7) is 4.44. The molecular weight excluding hydrogens is 282 g/mol. The predicted molar refractivity (Wildman–Crippen MR) is 89.9 cm³/mol. The molecule has 1 aliphatic heterocycles. The fourth-order valence-electron chi connectivity index (χ4n) is 3.30. The van der Waals surface area contributed by atoms with E-state index in [4.69, 9.17) is 4.74 Å². The minimum absolute atomic E-state index is 0.128. The summed E-state index contributed by atoms with van der Waals surface area (Å²) in [4.78, 5) is 15.2. The molecule has 3 nitrogen and oxygen atoms in total. The first-order valence-electron chi connectivity index (χ1n) is 7.49. The van der Waals surface area contributed by atoms with E-state index in [-0.39, 0.29) is 5.43 Å². The number of nitrogens with zero attached hydrogens (tertiary/aromatic N) is 1. The van der Waals surface area contributed by atoms with E-state index in [9.17, 15) is 4.79 Å². The molecule has 2 aromatic rings. The summed E-state index contributed by atoms with van der Waals surface area (Å²) < 4.78 is 6.27. The number of rotatable bonds is 2. The van der Waals surface area contributed by atoms with Crippen LogP contribution < -0.4 is 15.1 Å². The van der Waals surface area contributed by atoms with Gasteiger partial charge in [-0.3, -0.25) is 4.79 Å². The van der Waals surface area contributed by atoms with Crippen LogP contribution in [0.15, 0.2) is 28.4 Å². The molecule has 0 spiro atoms. The van der Waals surface area contributed by atoms with Crippen LogP contribution in [-0.2, 0) is 0 Å². The number of ether oxygens (including phenoxy) is 1. The standard InChI is InChI=1S/C17H21NO2S/c1-11-5-4-6-12(2)18(11)15-10-21-16-8-7-13(20-3)9-14(16)17(15)19/h7-12H,4-6H2,1-3H3. The first-order chi connectivity index (χ1) is 10.1. The molecular formula is C17H21NO2S. The first kappa shape index (κ1) is 14.4. The number of hydrogen-bond acceptors (Lipinski definition) is 4. The van der Waals surface area contributed by atoms with E-state index < -0.39 is 0 Å². The van der Waals surface area contributed by atoms with Gasteiger partial charge in [-0.25, -0.2) is 0 Å². The molecule has 1 fully saturated rings. The lowest BCUT2D eigenvalue weighted by atomic mass is 9.97. The second kappa shape index (κ2) is 5.68. The van der Waals surface area contributed by atoms with Crippen molar-refractivity contribution in [2.24, 2.45) is 0 Å². The Bertz CT molecular complexity index is 699. The van der Waals surface area contributed by atoms with Crippen LogP contribution in [0.4, 0.5) is 5.69 Å². The summed E-state index contributed by atoms with van der Waals surface area (Å²) >= 11 is 1.64. The zero-order valence-corrected chi connectivity index (χ0v) is 13.6. The molecule has 3 rings (SSSR count). The van der Waals surface area contributed by atoms with Gasteiger partial charge in [-0.1, -0.05) is 0 Å². The van der Waals surface area contributed by atoms with Gasteiger partial charge in [0.2, 0.25) is 5.43 Å². The third-order valence-corrected chi connectivity index (χ3v) is 5.38. The maximum Gasteiger partial charge on any atom is 0.211 e. The van der Waals surface area contributed by atoms with Crippen molar-refractivity contribution < 1.29 is 4.74 Å². The highest BCUT2D eigenvalue weighted by molar-refractivity contribution is 7.16. The average molecular weight is 303 g/mol. The van der Waals surface area contributed by atoms with Gasteiger partial charge < -0.3 is 9.64 Å². The van der Waals surface area contributed by atoms with Crippen LogP contribution in [0.25, 0.3) is 10.1 Å². The van der Waals surface area contributed by atoms with E-state index >= 15 is 0 Å². The Balaban J connectivity index is 2.14. The van der Waals surface area contributed by atoms with Crippen LogP contribution in [0.3, 0.4) is 0 Å². The SMILES string of the molecule is COc1ccc2scc(N3C(C)CCCC3C)c(=O)c2c1. The molecule has 2 atom stereocenters. The lowest BCUT2D eigenvalue weighted by molar-refractivity contribution is 0.414.